The molecule has 0 spiro atoms. The van der Waals surface area contributed by atoms with Crippen LogP contribution < -0.4 is 4.74 Å². The molecule has 0 saturated heterocycles. The molecule has 2 aliphatic rings. The number of carbonyl (C=O) groups is 1. The zero-order valence-corrected chi connectivity index (χ0v) is 11.9. The van der Waals surface area contributed by atoms with Crippen LogP contribution in [0.5, 0.6) is 17.2 Å². The van der Waals surface area contributed by atoms with E-state index in [4.69, 9.17) is 4.74 Å². The summed E-state index contributed by atoms with van der Waals surface area (Å²) in [5.41, 5.74) is 1.88. The fourth-order valence-corrected chi connectivity index (χ4v) is 3.68. The molecule has 1 aliphatic heterocycles. The summed E-state index contributed by atoms with van der Waals surface area (Å²) in [6, 6.07) is 12.0. The lowest BCUT2D eigenvalue weighted by atomic mass is 9.80. The Bertz CT molecular complexity index is 735. The Kier molecular flexibility index (Phi) is 2.86. The molecular weight excluding hydrogens is 280 g/mol. The van der Waals surface area contributed by atoms with Crippen molar-refractivity contribution in [3.63, 3.8) is 0 Å². The van der Waals surface area contributed by atoms with Crippen LogP contribution in [0.4, 0.5) is 0 Å². The lowest BCUT2D eigenvalue weighted by Gasteiger charge is -2.36. The number of ketones is 1. The van der Waals surface area contributed by atoms with E-state index >= 15 is 0 Å². The molecule has 2 unspecified atom stereocenters. The van der Waals surface area contributed by atoms with Gasteiger partial charge in [0.15, 0.2) is 0 Å². The number of phenols is 2. The van der Waals surface area contributed by atoms with Crippen LogP contribution in [0, 0.1) is 5.92 Å². The molecule has 4 nitrogen and oxygen atoms in total. The summed E-state index contributed by atoms with van der Waals surface area (Å²) in [5.74, 6) is 1.53. The topological polar surface area (TPSA) is 66.8 Å². The normalized spacial score (nSPS) is 26.2. The van der Waals surface area contributed by atoms with Gasteiger partial charge < -0.3 is 14.9 Å². The van der Waals surface area contributed by atoms with E-state index in [1.54, 1.807) is 30.3 Å². The highest BCUT2D eigenvalue weighted by atomic mass is 16.5. The minimum atomic E-state index is -0.200. The van der Waals surface area contributed by atoms with Gasteiger partial charge in [-0.15, -0.1) is 0 Å². The predicted molar refractivity (Wildman–Crippen MR) is 80.1 cm³/mol. The number of Topliss-reactive ketones (excluding diaryl/α,β-unsaturated/α-hetero) is 1. The quantitative estimate of drug-likeness (QED) is 0.847. The van der Waals surface area contributed by atoms with Gasteiger partial charge in [-0.3, -0.25) is 4.79 Å². The number of ether oxygens (including phenoxy) is 1. The summed E-state index contributed by atoms with van der Waals surface area (Å²) in [6.07, 6.45) is 0.791. The van der Waals surface area contributed by atoms with Crippen LogP contribution in [0.25, 0.3) is 0 Å². The first-order valence-electron chi connectivity index (χ1n) is 7.42. The largest absolute Gasteiger partial charge is 0.508 e. The third-order valence-corrected chi connectivity index (χ3v) is 4.69. The monoisotopic (exact) mass is 296 g/mol. The molecule has 1 heterocycles. The SMILES string of the molecule is O=C1CC2C(c3ccc(O)cc3)Oc3ccc(O)cc3[C@H]2C1. The highest BCUT2D eigenvalue weighted by Gasteiger charge is 2.45. The van der Waals surface area contributed by atoms with Crippen molar-refractivity contribution < 1.29 is 19.7 Å². The summed E-state index contributed by atoms with van der Waals surface area (Å²) in [6.45, 7) is 0. The maximum Gasteiger partial charge on any atom is 0.133 e. The van der Waals surface area contributed by atoms with Crippen molar-refractivity contribution in [2.24, 2.45) is 5.92 Å². The molecule has 0 radical (unpaired) electrons. The molecule has 0 amide bonds. The Labute approximate surface area is 128 Å². The van der Waals surface area contributed by atoms with Crippen LogP contribution in [0.3, 0.4) is 0 Å². The van der Waals surface area contributed by atoms with Gasteiger partial charge in [0.25, 0.3) is 0 Å². The minimum Gasteiger partial charge on any atom is -0.508 e. The van der Waals surface area contributed by atoms with E-state index in [0.29, 0.717) is 12.8 Å². The smallest absolute Gasteiger partial charge is 0.133 e. The molecule has 2 N–H and O–H groups in total. The van der Waals surface area contributed by atoms with Gasteiger partial charge in [-0.25, -0.2) is 0 Å². The average molecular weight is 296 g/mol. The molecule has 0 aromatic heterocycles. The summed E-state index contributed by atoms with van der Waals surface area (Å²) in [7, 11) is 0. The molecule has 2 aromatic rings. The summed E-state index contributed by atoms with van der Waals surface area (Å²) >= 11 is 0. The number of benzene rings is 2. The van der Waals surface area contributed by atoms with Crippen molar-refractivity contribution in [3.05, 3.63) is 53.6 Å². The van der Waals surface area contributed by atoms with Crippen LogP contribution >= 0.6 is 0 Å². The maximum absolute atomic E-state index is 12.0. The van der Waals surface area contributed by atoms with Gasteiger partial charge in [0.1, 0.15) is 29.1 Å². The first kappa shape index (κ1) is 13.2. The molecule has 4 heteroatoms. The number of aromatic hydroxyl groups is 2. The second-order valence-corrected chi connectivity index (χ2v) is 6.07. The number of carbonyl (C=O) groups excluding carboxylic acids is 1. The van der Waals surface area contributed by atoms with Crippen molar-refractivity contribution >= 4 is 5.78 Å². The van der Waals surface area contributed by atoms with E-state index in [2.05, 4.69) is 0 Å². The van der Waals surface area contributed by atoms with Gasteiger partial charge in [-0.05, 0) is 35.9 Å². The van der Waals surface area contributed by atoms with E-state index in [0.717, 1.165) is 16.9 Å². The van der Waals surface area contributed by atoms with Gasteiger partial charge >= 0.3 is 0 Å². The fraction of sp³-hybridized carbons (Fsp3) is 0.278. The van der Waals surface area contributed by atoms with Crippen LogP contribution in [0.1, 0.15) is 36.0 Å². The van der Waals surface area contributed by atoms with Crippen LogP contribution in [0.2, 0.25) is 0 Å². The molecule has 4 rings (SSSR count). The summed E-state index contributed by atoms with van der Waals surface area (Å²) in [4.78, 5) is 12.0. The van der Waals surface area contributed by atoms with E-state index in [9.17, 15) is 15.0 Å². The second-order valence-electron chi connectivity index (χ2n) is 6.07. The van der Waals surface area contributed by atoms with Gasteiger partial charge in [-0.2, -0.15) is 0 Å². The van der Waals surface area contributed by atoms with Gasteiger partial charge in [0, 0.05) is 30.2 Å². The maximum atomic E-state index is 12.0. The number of hydrogen-bond donors (Lipinski definition) is 2. The van der Waals surface area contributed by atoms with Gasteiger partial charge in [-0.1, -0.05) is 12.1 Å². The van der Waals surface area contributed by atoms with Gasteiger partial charge in [0.2, 0.25) is 0 Å². The van der Waals surface area contributed by atoms with Crippen molar-refractivity contribution in [1.29, 1.82) is 0 Å². The van der Waals surface area contributed by atoms with Gasteiger partial charge in [0.05, 0.1) is 0 Å². The molecule has 1 fully saturated rings. The summed E-state index contributed by atoms with van der Waals surface area (Å²) in [5, 5.41) is 19.2. The third-order valence-electron chi connectivity index (χ3n) is 4.69. The molecule has 2 aromatic carbocycles. The molecule has 1 aliphatic carbocycles. The van der Waals surface area contributed by atoms with Crippen molar-refractivity contribution in [2.75, 3.05) is 0 Å². The van der Waals surface area contributed by atoms with E-state index < -0.39 is 0 Å². The molecule has 0 bridgehead atoms. The number of hydrogen-bond acceptors (Lipinski definition) is 4. The molecular formula is C18H16O4. The number of rotatable bonds is 1. The molecule has 1 saturated carbocycles. The lowest BCUT2D eigenvalue weighted by Crippen LogP contribution is -2.26. The van der Waals surface area contributed by atoms with Crippen molar-refractivity contribution in [1.82, 2.24) is 0 Å². The zero-order valence-electron chi connectivity index (χ0n) is 11.9. The first-order chi connectivity index (χ1) is 10.6. The lowest BCUT2D eigenvalue weighted by molar-refractivity contribution is -0.117. The number of fused-ring (bicyclic) bond motifs is 3. The van der Waals surface area contributed by atoms with Crippen LogP contribution in [0.15, 0.2) is 42.5 Å². The van der Waals surface area contributed by atoms with E-state index in [1.165, 1.54) is 0 Å². The highest BCUT2D eigenvalue weighted by molar-refractivity contribution is 5.83. The first-order valence-corrected chi connectivity index (χ1v) is 7.42. The van der Waals surface area contributed by atoms with E-state index in [-0.39, 0.29) is 35.2 Å². The Morgan fingerprint density at radius 2 is 1.68 bits per heavy atom. The predicted octanol–water partition coefficient (Wildman–Crippen LogP) is 3.29. The standard InChI is InChI=1S/C18H16O4/c19-11-3-1-10(2-4-11)18-16-9-13(21)8-14(16)15-7-12(20)5-6-17(15)22-18/h1-7,14,16,18-20H,8-9H2/t14-,16?,18?/m1/s1. The second kappa shape index (κ2) is 4.77. The summed E-state index contributed by atoms with van der Waals surface area (Å²) < 4.78 is 6.13. The van der Waals surface area contributed by atoms with Crippen LogP contribution in [-0.2, 0) is 4.79 Å². The Balaban J connectivity index is 1.79. The van der Waals surface area contributed by atoms with Crippen molar-refractivity contribution in [2.45, 2.75) is 24.9 Å². The zero-order chi connectivity index (χ0) is 15.3. The number of phenolic OH excluding ortho intramolecular Hbond substituents is 2. The Morgan fingerprint density at radius 1 is 0.955 bits per heavy atom. The van der Waals surface area contributed by atoms with Crippen molar-refractivity contribution in [3.8, 4) is 17.2 Å². The Hall–Kier alpha value is -2.49. The average Bonchev–Trinajstić information content (AvgIpc) is 2.89. The highest BCUT2D eigenvalue weighted by Crippen LogP contribution is 2.53. The Morgan fingerprint density at radius 3 is 2.45 bits per heavy atom. The molecule has 22 heavy (non-hydrogen) atoms. The molecule has 112 valence electrons. The fourth-order valence-electron chi connectivity index (χ4n) is 3.68. The van der Waals surface area contributed by atoms with E-state index in [1.807, 2.05) is 12.1 Å². The minimum absolute atomic E-state index is 0.0753. The molecule has 3 atom stereocenters. The third kappa shape index (κ3) is 2.03. The van der Waals surface area contributed by atoms with Crippen LogP contribution in [-0.4, -0.2) is 16.0 Å².